The zero-order chi connectivity index (χ0) is 10.3. The van der Waals surface area contributed by atoms with Crippen molar-refractivity contribution in [3.05, 3.63) is 23.3 Å². The van der Waals surface area contributed by atoms with Gasteiger partial charge in [0.2, 0.25) is 0 Å². The molecule has 0 fully saturated rings. The number of hydrogen-bond acceptors (Lipinski definition) is 3. The molecule has 0 bridgehead atoms. The molecule has 1 aliphatic heterocycles. The van der Waals surface area contributed by atoms with Crippen LogP contribution in [-0.2, 0) is 6.54 Å². The van der Waals surface area contributed by atoms with Gasteiger partial charge < -0.3 is 14.7 Å². The van der Waals surface area contributed by atoms with Gasteiger partial charge in [0.25, 0.3) is 5.91 Å². The van der Waals surface area contributed by atoms with Crippen LogP contribution in [0.4, 0.5) is 0 Å². The lowest BCUT2D eigenvalue weighted by Crippen LogP contribution is -2.17. The summed E-state index contributed by atoms with van der Waals surface area (Å²) >= 11 is 0. The van der Waals surface area contributed by atoms with Crippen LogP contribution >= 0.6 is 0 Å². The second kappa shape index (κ2) is 2.90. The van der Waals surface area contributed by atoms with Crippen molar-refractivity contribution in [2.24, 2.45) is 0 Å². The summed E-state index contributed by atoms with van der Waals surface area (Å²) in [6.07, 6.45) is 0. The predicted molar refractivity (Wildman–Crippen MR) is 50.5 cm³/mol. The van der Waals surface area contributed by atoms with Gasteiger partial charge in [0, 0.05) is 18.2 Å². The molecule has 0 aromatic heterocycles. The van der Waals surface area contributed by atoms with Crippen molar-refractivity contribution in [3.63, 3.8) is 0 Å². The van der Waals surface area contributed by atoms with Crippen LogP contribution in [-0.4, -0.2) is 30.1 Å². The Bertz CT molecular complexity index is 401. The lowest BCUT2D eigenvalue weighted by molar-refractivity contribution is 0.0816. The van der Waals surface area contributed by atoms with Crippen LogP contribution < -0.4 is 4.74 Å². The summed E-state index contributed by atoms with van der Waals surface area (Å²) < 4.78 is 4.96. The highest BCUT2D eigenvalue weighted by Crippen LogP contribution is 2.36. The predicted octanol–water partition coefficient (Wildman–Crippen LogP) is 0.986. The van der Waals surface area contributed by atoms with Crippen LogP contribution in [0.3, 0.4) is 0 Å². The highest BCUT2D eigenvalue weighted by atomic mass is 16.5. The topological polar surface area (TPSA) is 49.8 Å². The van der Waals surface area contributed by atoms with Crippen LogP contribution in [0.1, 0.15) is 15.9 Å². The number of hydrogen-bond donors (Lipinski definition) is 1. The third-order valence-electron chi connectivity index (χ3n) is 2.44. The molecule has 74 valence electrons. The maximum Gasteiger partial charge on any atom is 0.254 e. The number of amides is 1. The van der Waals surface area contributed by atoms with E-state index in [0.29, 0.717) is 23.4 Å². The fourth-order valence-corrected chi connectivity index (χ4v) is 1.65. The Morgan fingerprint density at radius 1 is 1.50 bits per heavy atom. The van der Waals surface area contributed by atoms with Gasteiger partial charge in [-0.25, -0.2) is 0 Å². The van der Waals surface area contributed by atoms with Gasteiger partial charge in [0.05, 0.1) is 13.7 Å². The third kappa shape index (κ3) is 1.04. The van der Waals surface area contributed by atoms with Gasteiger partial charge in [-0.15, -0.1) is 0 Å². The summed E-state index contributed by atoms with van der Waals surface area (Å²) in [6, 6.07) is 3.28. The lowest BCUT2D eigenvalue weighted by atomic mass is 10.1. The number of nitrogens with zero attached hydrogens (tertiary/aromatic N) is 1. The molecule has 1 aromatic carbocycles. The first-order chi connectivity index (χ1) is 6.65. The average molecular weight is 193 g/mol. The number of phenols is 1. The first-order valence-corrected chi connectivity index (χ1v) is 4.29. The van der Waals surface area contributed by atoms with E-state index in [-0.39, 0.29) is 11.7 Å². The number of fused-ring (bicyclic) bond motifs is 1. The molecule has 4 heteroatoms. The molecule has 4 nitrogen and oxygen atoms in total. The van der Waals surface area contributed by atoms with E-state index in [1.54, 1.807) is 24.1 Å². The maximum atomic E-state index is 11.5. The Labute approximate surface area is 81.7 Å². The van der Waals surface area contributed by atoms with Crippen LogP contribution in [0.2, 0.25) is 0 Å². The summed E-state index contributed by atoms with van der Waals surface area (Å²) in [4.78, 5) is 13.1. The summed E-state index contributed by atoms with van der Waals surface area (Å²) in [5.41, 5.74) is 1.21. The van der Waals surface area contributed by atoms with Crippen LogP contribution in [0, 0.1) is 0 Å². The quantitative estimate of drug-likeness (QED) is 0.723. The molecule has 0 radical (unpaired) electrons. The number of rotatable bonds is 1. The molecule has 1 aliphatic rings. The molecule has 1 heterocycles. The Kier molecular flexibility index (Phi) is 1.84. The first kappa shape index (κ1) is 8.87. The molecule has 0 spiro atoms. The molecule has 2 rings (SSSR count). The molecule has 1 N–H and O–H groups in total. The maximum absolute atomic E-state index is 11.5. The Morgan fingerprint density at radius 2 is 2.21 bits per heavy atom. The number of methoxy groups -OCH3 is 1. The first-order valence-electron chi connectivity index (χ1n) is 4.29. The smallest absolute Gasteiger partial charge is 0.254 e. The summed E-state index contributed by atoms with van der Waals surface area (Å²) in [7, 11) is 3.19. The molecule has 0 unspecified atom stereocenters. The SMILES string of the molecule is COc1ccc2c(c1O)CN(C)C2=O. The van der Waals surface area contributed by atoms with E-state index in [4.69, 9.17) is 4.74 Å². The number of phenolic OH excluding ortho intramolecular Hbond substituents is 1. The Hall–Kier alpha value is -1.71. The van der Waals surface area contributed by atoms with E-state index in [1.807, 2.05) is 0 Å². The number of benzene rings is 1. The fourth-order valence-electron chi connectivity index (χ4n) is 1.65. The average Bonchev–Trinajstić information content (AvgIpc) is 2.46. The van der Waals surface area contributed by atoms with E-state index in [2.05, 4.69) is 0 Å². The summed E-state index contributed by atoms with van der Waals surface area (Å²) in [6.45, 7) is 0.442. The van der Waals surface area contributed by atoms with Crippen LogP contribution in [0.25, 0.3) is 0 Å². The number of carbonyl (C=O) groups excluding carboxylic acids is 1. The van der Waals surface area contributed by atoms with Crippen molar-refractivity contribution in [1.29, 1.82) is 0 Å². The molecule has 0 atom stereocenters. The highest BCUT2D eigenvalue weighted by Gasteiger charge is 2.28. The van der Waals surface area contributed by atoms with Crippen molar-refractivity contribution >= 4 is 5.91 Å². The Balaban J connectivity index is 2.58. The van der Waals surface area contributed by atoms with E-state index >= 15 is 0 Å². The van der Waals surface area contributed by atoms with Gasteiger partial charge in [-0.3, -0.25) is 4.79 Å². The van der Waals surface area contributed by atoms with Crippen molar-refractivity contribution < 1.29 is 14.6 Å². The fraction of sp³-hybridized carbons (Fsp3) is 0.300. The zero-order valence-electron chi connectivity index (χ0n) is 8.07. The highest BCUT2D eigenvalue weighted by molar-refractivity contribution is 5.99. The molecular formula is C10H11NO3. The summed E-state index contributed by atoms with van der Waals surface area (Å²) in [5, 5.41) is 9.74. The minimum atomic E-state index is -0.0575. The third-order valence-corrected chi connectivity index (χ3v) is 2.44. The standard InChI is InChI=1S/C10H11NO3/c1-11-5-7-6(10(11)13)3-4-8(14-2)9(7)12/h3-4,12H,5H2,1-2H3. The van der Waals surface area contributed by atoms with E-state index in [9.17, 15) is 9.90 Å². The van der Waals surface area contributed by atoms with Crippen LogP contribution in [0.5, 0.6) is 11.5 Å². The van der Waals surface area contributed by atoms with Crippen molar-refractivity contribution in [2.45, 2.75) is 6.54 Å². The monoisotopic (exact) mass is 193 g/mol. The van der Waals surface area contributed by atoms with E-state index in [0.717, 1.165) is 0 Å². The lowest BCUT2D eigenvalue weighted by Gasteiger charge is -2.06. The van der Waals surface area contributed by atoms with Crippen molar-refractivity contribution in [2.75, 3.05) is 14.2 Å². The molecule has 1 amide bonds. The second-order valence-corrected chi connectivity index (χ2v) is 3.30. The molecule has 0 saturated carbocycles. The van der Waals surface area contributed by atoms with Crippen molar-refractivity contribution in [3.8, 4) is 11.5 Å². The number of carbonyl (C=O) groups is 1. The number of ether oxygens (including phenoxy) is 1. The number of aromatic hydroxyl groups is 1. The molecule has 14 heavy (non-hydrogen) atoms. The van der Waals surface area contributed by atoms with Gasteiger partial charge in [-0.2, -0.15) is 0 Å². The van der Waals surface area contributed by atoms with E-state index < -0.39 is 0 Å². The molecule has 1 aromatic rings. The van der Waals surface area contributed by atoms with Gasteiger partial charge in [0.1, 0.15) is 0 Å². The Morgan fingerprint density at radius 3 is 2.86 bits per heavy atom. The van der Waals surface area contributed by atoms with Gasteiger partial charge in [0.15, 0.2) is 11.5 Å². The summed E-state index contributed by atoms with van der Waals surface area (Å²) in [5.74, 6) is 0.424. The minimum absolute atomic E-state index is 0.0575. The molecular weight excluding hydrogens is 182 g/mol. The van der Waals surface area contributed by atoms with Crippen molar-refractivity contribution in [1.82, 2.24) is 4.90 Å². The normalized spacial score (nSPS) is 14.4. The van der Waals surface area contributed by atoms with Gasteiger partial charge >= 0.3 is 0 Å². The molecule has 0 aliphatic carbocycles. The van der Waals surface area contributed by atoms with Gasteiger partial charge in [-0.05, 0) is 12.1 Å². The zero-order valence-corrected chi connectivity index (χ0v) is 8.07. The minimum Gasteiger partial charge on any atom is -0.504 e. The largest absolute Gasteiger partial charge is 0.504 e. The second-order valence-electron chi connectivity index (χ2n) is 3.30. The van der Waals surface area contributed by atoms with Crippen LogP contribution in [0.15, 0.2) is 12.1 Å². The van der Waals surface area contributed by atoms with Gasteiger partial charge in [-0.1, -0.05) is 0 Å². The van der Waals surface area contributed by atoms with E-state index in [1.165, 1.54) is 7.11 Å². The molecule has 0 saturated heterocycles.